The molecule has 0 atom stereocenters. The van der Waals surface area contributed by atoms with Crippen molar-refractivity contribution in [2.24, 2.45) is 0 Å². The summed E-state index contributed by atoms with van der Waals surface area (Å²) in [4.78, 5) is 13.4. The average Bonchev–Trinajstić information content (AvgIpc) is 2.29. The molecule has 0 saturated heterocycles. The van der Waals surface area contributed by atoms with Gasteiger partial charge >= 0.3 is 0 Å². The highest BCUT2D eigenvalue weighted by Gasteiger charge is 2.07. The Morgan fingerprint density at radius 2 is 2.00 bits per heavy atom. The molecule has 0 saturated carbocycles. The predicted octanol–water partition coefficient (Wildman–Crippen LogP) is 1.58. The second-order valence-electron chi connectivity index (χ2n) is 3.53. The lowest BCUT2D eigenvalue weighted by Crippen LogP contribution is -2.40. The van der Waals surface area contributed by atoms with Gasteiger partial charge in [0.05, 0.1) is 6.42 Å². The third kappa shape index (κ3) is 3.98. The van der Waals surface area contributed by atoms with Crippen LogP contribution in [0.3, 0.4) is 0 Å². The number of amides is 1. The third-order valence-electron chi connectivity index (χ3n) is 2.27. The second kappa shape index (κ2) is 6.23. The van der Waals surface area contributed by atoms with E-state index >= 15 is 0 Å². The lowest BCUT2D eigenvalue weighted by molar-refractivity contribution is -0.119. The Bertz CT molecular complexity index is 365. The first kappa shape index (κ1) is 12.6. The molecule has 16 heavy (non-hydrogen) atoms. The van der Waals surface area contributed by atoms with E-state index in [0.717, 1.165) is 12.1 Å². The molecule has 1 N–H and O–H groups in total. The van der Waals surface area contributed by atoms with Crippen LogP contribution >= 0.6 is 12.2 Å². The molecule has 0 spiro atoms. The van der Waals surface area contributed by atoms with Crippen molar-refractivity contribution < 1.29 is 4.79 Å². The Kier molecular flexibility index (Phi) is 4.92. The van der Waals surface area contributed by atoms with Crippen LogP contribution in [0.2, 0.25) is 0 Å². The van der Waals surface area contributed by atoms with E-state index in [4.69, 9.17) is 12.2 Å². The van der Waals surface area contributed by atoms with E-state index in [1.165, 1.54) is 0 Å². The van der Waals surface area contributed by atoms with Gasteiger partial charge in [0.1, 0.15) is 0 Å². The minimum Gasteiger partial charge on any atom is -0.352 e. The summed E-state index contributed by atoms with van der Waals surface area (Å²) in [5.74, 6) is -0.0727. The molecule has 0 radical (unpaired) electrons. The molecule has 0 fully saturated rings. The maximum atomic E-state index is 11.6. The van der Waals surface area contributed by atoms with Crippen molar-refractivity contribution >= 4 is 23.2 Å². The number of benzene rings is 1. The topological polar surface area (TPSA) is 32.3 Å². The van der Waals surface area contributed by atoms with E-state index in [2.05, 4.69) is 5.32 Å². The van der Waals surface area contributed by atoms with Gasteiger partial charge < -0.3 is 10.2 Å². The van der Waals surface area contributed by atoms with Gasteiger partial charge in [0, 0.05) is 13.6 Å². The zero-order chi connectivity index (χ0) is 12.0. The van der Waals surface area contributed by atoms with Crippen molar-refractivity contribution in [1.29, 1.82) is 0 Å². The lowest BCUT2D eigenvalue weighted by Gasteiger charge is -2.17. The molecule has 1 rings (SSSR count). The van der Waals surface area contributed by atoms with E-state index in [1.807, 2.05) is 49.2 Å². The first-order valence-corrected chi connectivity index (χ1v) is 5.63. The Morgan fingerprint density at radius 1 is 1.38 bits per heavy atom. The molecule has 0 aliphatic heterocycles. The number of hydrogen-bond donors (Lipinski definition) is 1. The first-order valence-electron chi connectivity index (χ1n) is 5.22. The summed E-state index contributed by atoms with van der Waals surface area (Å²) in [6, 6.07) is 9.60. The quantitative estimate of drug-likeness (QED) is 0.809. The minimum atomic E-state index is -0.0727. The number of carbonyl (C=O) groups is 1. The highest BCUT2D eigenvalue weighted by atomic mass is 32.1. The number of nitrogens with zero attached hydrogens (tertiary/aromatic N) is 1. The van der Waals surface area contributed by atoms with Crippen LogP contribution in [0.5, 0.6) is 0 Å². The third-order valence-corrected chi connectivity index (χ3v) is 2.69. The molecule has 1 amide bonds. The van der Waals surface area contributed by atoms with E-state index < -0.39 is 0 Å². The van der Waals surface area contributed by atoms with Gasteiger partial charge in [-0.05, 0) is 24.7 Å². The van der Waals surface area contributed by atoms with Gasteiger partial charge in [-0.3, -0.25) is 4.79 Å². The summed E-state index contributed by atoms with van der Waals surface area (Å²) in [6.45, 7) is 2.76. The van der Waals surface area contributed by atoms with Crippen LogP contribution in [0.25, 0.3) is 0 Å². The van der Waals surface area contributed by atoms with Gasteiger partial charge in [0.25, 0.3) is 0 Å². The average molecular weight is 236 g/mol. The molecule has 86 valence electrons. The zero-order valence-electron chi connectivity index (χ0n) is 9.56. The van der Waals surface area contributed by atoms with E-state index in [-0.39, 0.29) is 5.91 Å². The van der Waals surface area contributed by atoms with Gasteiger partial charge in [0.15, 0.2) is 5.11 Å². The van der Waals surface area contributed by atoms with Crippen LogP contribution in [0.15, 0.2) is 30.3 Å². The summed E-state index contributed by atoms with van der Waals surface area (Å²) >= 11 is 5.06. The number of rotatable bonds is 3. The van der Waals surface area contributed by atoms with Crippen molar-refractivity contribution in [1.82, 2.24) is 10.2 Å². The zero-order valence-corrected chi connectivity index (χ0v) is 10.4. The molecule has 0 unspecified atom stereocenters. The molecule has 3 nitrogen and oxygen atoms in total. The molecule has 1 aromatic rings. The molecule has 0 aliphatic carbocycles. The first-order chi connectivity index (χ1) is 7.63. The Balaban J connectivity index is 2.46. The van der Waals surface area contributed by atoms with Crippen LogP contribution < -0.4 is 5.32 Å². The predicted molar refractivity (Wildman–Crippen MR) is 69.2 cm³/mol. The second-order valence-corrected chi connectivity index (χ2v) is 3.92. The van der Waals surface area contributed by atoms with E-state index in [0.29, 0.717) is 11.5 Å². The summed E-state index contributed by atoms with van der Waals surface area (Å²) in [7, 11) is 1.85. The molecule has 4 heteroatoms. The normalized spacial score (nSPS) is 9.62. The van der Waals surface area contributed by atoms with Gasteiger partial charge in [-0.1, -0.05) is 30.3 Å². The van der Waals surface area contributed by atoms with Gasteiger partial charge in [-0.15, -0.1) is 0 Å². The van der Waals surface area contributed by atoms with E-state index in [9.17, 15) is 4.79 Å². The summed E-state index contributed by atoms with van der Waals surface area (Å²) in [5.41, 5.74) is 0.988. The summed E-state index contributed by atoms with van der Waals surface area (Å²) < 4.78 is 0. The van der Waals surface area contributed by atoms with Crippen LogP contribution in [0.4, 0.5) is 0 Å². The molecule has 0 heterocycles. The van der Waals surface area contributed by atoms with Crippen LogP contribution in [-0.2, 0) is 11.2 Å². The maximum Gasteiger partial charge on any atom is 0.230 e. The van der Waals surface area contributed by atoms with Crippen molar-refractivity contribution in [3.63, 3.8) is 0 Å². The minimum absolute atomic E-state index is 0.0727. The van der Waals surface area contributed by atoms with Crippen LogP contribution in [0, 0.1) is 0 Å². The van der Waals surface area contributed by atoms with Crippen molar-refractivity contribution in [3.8, 4) is 0 Å². The highest BCUT2D eigenvalue weighted by molar-refractivity contribution is 7.80. The molecular formula is C12H16N2OS. The maximum absolute atomic E-state index is 11.6. The van der Waals surface area contributed by atoms with Gasteiger partial charge in [-0.2, -0.15) is 0 Å². The Labute approximate surface area is 101 Å². The molecular weight excluding hydrogens is 220 g/mol. The Morgan fingerprint density at radius 3 is 2.56 bits per heavy atom. The highest BCUT2D eigenvalue weighted by Crippen LogP contribution is 1.99. The van der Waals surface area contributed by atoms with Crippen LogP contribution in [0.1, 0.15) is 12.5 Å². The number of nitrogens with one attached hydrogen (secondary N) is 1. The standard InChI is InChI=1S/C12H16N2OS/c1-3-14(2)12(16)13-11(15)9-10-7-5-4-6-8-10/h4-8H,3,9H2,1-2H3,(H,13,15,16). The number of carbonyl (C=O) groups excluding carboxylic acids is 1. The molecule has 0 bridgehead atoms. The van der Waals surface area contributed by atoms with Crippen molar-refractivity contribution in [3.05, 3.63) is 35.9 Å². The lowest BCUT2D eigenvalue weighted by atomic mass is 10.1. The smallest absolute Gasteiger partial charge is 0.230 e. The molecule has 0 aromatic heterocycles. The van der Waals surface area contributed by atoms with E-state index in [1.54, 1.807) is 0 Å². The van der Waals surface area contributed by atoms with Crippen molar-refractivity contribution in [2.45, 2.75) is 13.3 Å². The fraction of sp³-hybridized carbons (Fsp3) is 0.333. The SMILES string of the molecule is CCN(C)C(=S)NC(=O)Cc1ccccc1. The molecule has 0 aliphatic rings. The van der Waals surface area contributed by atoms with Gasteiger partial charge in [-0.25, -0.2) is 0 Å². The largest absolute Gasteiger partial charge is 0.352 e. The van der Waals surface area contributed by atoms with Gasteiger partial charge in [0.2, 0.25) is 5.91 Å². The van der Waals surface area contributed by atoms with Crippen molar-refractivity contribution in [2.75, 3.05) is 13.6 Å². The monoisotopic (exact) mass is 236 g/mol. The Hall–Kier alpha value is -1.42. The summed E-state index contributed by atoms with van der Waals surface area (Å²) in [5, 5.41) is 3.17. The molecule has 1 aromatic carbocycles. The fourth-order valence-corrected chi connectivity index (χ4v) is 1.43. The number of hydrogen-bond acceptors (Lipinski definition) is 2. The number of thiocarbonyl (C=S) groups is 1. The summed E-state index contributed by atoms with van der Waals surface area (Å²) in [6.07, 6.45) is 0.360. The fourth-order valence-electron chi connectivity index (χ4n) is 1.18. The van der Waals surface area contributed by atoms with Crippen LogP contribution in [-0.4, -0.2) is 29.5 Å².